The number of hydrogen-bond donors (Lipinski definition) is 1. The van der Waals surface area contributed by atoms with Crippen LogP contribution in [0, 0.1) is 5.92 Å². The second kappa shape index (κ2) is 8.37. The minimum absolute atomic E-state index is 0.0554. The molecule has 1 rings (SSSR count). The van der Waals surface area contributed by atoms with Gasteiger partial charge in [-0.05, 0) is 33.2 Å². The molecule has 0 amide bonds. The lowest BCUT2D eigenvalue weighted by Crippen LogP contribution is -2.32. The molecule has 116 valence electrons. The molecule has 1 N–H and O–H groups in total. The summed E-state index contributed by atoms with van der Waals surface area (Å²) in [6.45, 7) is 11.3. The van der Waals surface area contributed by atoms with Gasteiger partial charge in [0, 0.05) is 12.6 Å². The number of nitrogens with zero attached hydrogens (tertiary/aromatic N) is 2. The van der Waals surface area contributed by atoms with Crippen LogP contribution in [0.2, 0.25) is 0 Å². The van der Waals surface area contributed by atoms with Crippen LogP contribution in [0.4, 0.5) is 0 Å². The largest absolute Gasteiger partial charge is 0.370 e. The van der Waals surface area contributed by atoms with Crippen molar-refractivity contribution in [3.63, 3.8) is 0 Å². The third-order valence-electron chi connectivity index (χ3n) is 3.66. The van der Waals surface area contributed by atoms with E-state index in [1.165, 1.54) is 0 Å². The van der Waals surface area contributed by atoms with Crippen LogP contribution in [-0.2, 0) is 4.74 Å². The normalized spacial score (nSPS) is 16.4. The zero-order valence-corrected chi connectivity index (χ0v) is 13.6. The van der Waals surface area contributed by atoms with Crippen molar-refractivity contribution in [1.29, 1.82) is 0 Å². The first-order valence-corrected chi connectivity index (χ1v) is 7.67. The molecule has 0 bridgehead atoms. The summed E-state index contributed by atoms with van der Waals surface area (Å²) < 4.78 is 11.2. The van der Waals surface area contributed by atoms with Crippen molar-refractivity contribution in [2.75, 3.05) is 13.7 Å². The second-order valence-corrected chi connectivity index (χ2v) is 5.57. The van der Waals surface area contributed by atoms with E-state index < -0.39 is 0 Å². The lowest BCUT2D eigenvalue weighted by molar-refractivity contribution is 0.0477. The Morgan fingerprint density at radius 3 is 2.45 bits per heavy atom. The van der Waals surface area contributed by atoms with Gasteiger partial charge in [-0.15, -0.1) is 0 Å². The van der Waals surface area contributed by atoms with E-state index in [0.717, 1.165) is 12.8 Å². The van der Waals surface area contributed by atoms with Crippen molar-refractivity contribution in [2.24, 2.45) is 5.92 Å². The van der Waals surface area contributed by atoms with Gasteiger partial charge in [0.25, 0.3) is 0 Å². The van der Waals surface area contributed by atoms with Crippen molar-refractivity contribution < 1.29 is 9.26 Å². The molecule has 3 atom stereocenters. The number of likely N-dealkylation sites (N-methyl/N-ethyl adjacent to an activating group) is 1. The zero-order chi connectivity index (χ0) is 15.1. The van der Waals surface area contributed by atoms with Gasteiger partial charge in [0.05, 0.1) is 5.92 Å². The zero-order valence-electron chi connectivity index (χ0n) is 13.6. The Morgan fingerprint density at radius 2 is 1.95 bits per heavy atom. The molecule has 1 aromatic rings. The van der Waals surface area contributed by atoms with Gasteiger partial charge in [-0.25, -0.2) is 0 Å². The highest BCUT2D eigenvalue weighted by atomic mass is 16.5. The van der Waals surface area contributed by atoms with Crippen molar-refractivity contribution >= 4 is 0 Å². The minimum Gasteiger partial charge on any atom is -0.370 e. The summed E-state index contributed by atoms with van der Waals surface area (Å²) >= 11 is 0. The second-order valence-electron chi connectivity index (χ2n) is 5.57. The lowest BCUT2D eigenvalue weighted by Gasteiger charge is -2.23. The molecular formula is C15H29N3O2. The van der Waals surface area contributed by atoms with Gasteiger partial charge in [0.15, 0.2) is 0 Å². The summed E-state index contributed by atoms with van der Waals surface area (Å²) in [5, 5.41) is 7.41. The van der Waals surface area contributed by atoms with E-state index >= 15 is 0 Å². The average molecular weight is 283 g/mol. The predicted octanol–water partition coefficient (Wildman–Crippen LogP) is 3.29. The standard InChI is InChI=1S/C15H29N3O2/c1-7-9-12(19-8-2)14-17-15(20-18-14)13(10(3)4)11(5)16-6/h10-13,16H,7-9H2,1-6H3. The highest BCUT2D eigenvalue weighted by Crippen LogP contribution is 2.28. The molecule has 20 heavy (non-hydrogen) atoms. The molecule has 3 unspecified atom stereocenters. The van der Waals surface area contributed by atoms with Crippen LogP contribution in [0.3, 0.4) is 0 Å². The molecule has 0 aliphatic rings. The van der Waals surface area contributed by atoms with Gasteiger partial charge >= 0.3 is 0 Å². The molecule has 0 spiro atoms. The van der Waals surface area contributed by atoms with Crippen LogP contribution in [0.15, 0.2) is 4.52 Å². The fourth-order valence-corrected chi connectivity index (χ4v) is 2.52. The maximum atomic E-state index is 5.71. The van der Waals surface area contributed by atoms with Crippen molar-refractivity contribution in [2.45, 2.75) is 65.5 Å². The minimum atomic E-state index is -0.0554. The van der Waals surface area contributed by atoms with Crippen molar-refractivity contribution in [3.8, 4) is 0 Å². The SMILES string of the molecule is CCCC(OCC)c1noc(C(C(C)C)C(C)NC)n1. The summed E-state index contributed by atoms with van der Waals surface area (Å²) in [4.78, 5) is 4.60. The van der Waals surface area contributed by atoms with E-state index in [0.29, 0.717) is 30.3 Å². The first-order chi connectivity index (χ1) is 9.54. The van der Waals surface area contributed by atoms with Gasteiger partial charge in [-0.2, -0.15) is 4.98 Å². The van der Waals surface area contributed by atoms with E-state index in [2.05, 4.69) is 43.2 Å². The Morgan fingerprint density at radius 1 is 1.25 bits per heavy atom. The van der Waals surface area contributed by atoms with Gasteiger partial charge in [0.2, 0.25) is 11.7 Å². The molecule has 1 aromatic heterocycles. The fourth-order valence-electron chi connectivity index (χ4n) is 2.52. The quantitative estimate of drug-likeness (QED) is 0.753. The van der Waals surface area contributed by atoms with Crippen LogP contribution in [-0.4, -0.2) is 29.8 Å². The molecule has 0 saturated heterocycles. The maximum absolute atomic E-state index is 5.71. The van der Waals surface area contributed by atoms with Crippen LogP contribution in [0.5, 0.6) is 0 Å². The van der Waals surface area contributed by atoms with Crippen LogP contribution in [0.25, 0.3) is 0 Å². The molecule has 5 nitrogen and oxygen atoms in total. The highest BCUT2D eigenvalue weighted by Gasteiger charge is 2.29. The van der Waals surface area contributed by atoms with Crippen molar-refractivity contribution in [1.82, 2.24) is 15.5 Å². The van der Waals surface area contributed by atoms with Gasteiger partial charge in [0.1, 0.15) is 6.10 Å². The Labute approximate surface area is 122 Å². The van der Waals surface area contributed by atoms with Gasteiger partial charge in [-0.3, -0.25) is 0 Å². The maximum Gasteiger partial charge on any atom is 0.231 e. The van der Waals surface area contributed by atoms with Gasteiger partial charge in [-0.1, -0.05) is 32.3 Å². The number of rotatable bonds is 9. The van der Waals surface area contributed by atoms with E-state index in [9.17, 15) is 0 Å². The highest BCUT2D eigenvalue weighted by molar-refractivity contribution is 5.01. The van der Waals surface area contributed by atoms with E-state index in [-0.39, 0.29) is 12.0 Å². The molecule has 1 heterocycles. The monoisotopic (exact) mass is 283 g/mol. The smallest absolute Gasteiger partial charge is 0.231 e. The first kappa shape index (κ1) is 17.1. The number of aromatic nitrogens is 2. The van der Waals surface area contributed by atoms with Crippen LogP contribution >= 0.6 is 0 Å². The summed E-state index contributed by atoms with van der Waals surface area (Å²) in [7, 11) is 1.96. The van der Waals surface area contributed by atoms with E-state index in [1.54, 1.807) is 0 Å². The predicted molar refractivity (Wildman–Crippen MR) is 79.7 cm³/mol. The van der Waals surface area contributed by atoms with E-state index in [1.807, 2.05) is 14.0 Å². The Kier molecular flexibility index (Phi) is 7.16. The van der Waals surface area contributed by atoms with Gasteiger partial charge < -0.3 is 14.6 Å². The summed E-state index contributed by atoms with van der Waals surface area (Å²) in [5.41, 5.74) is 0. The van der Waals surface area contributed by atoms with Crippen LogP contribution < -0.4 is 5.32 Å². The molecule has 0 aliphatic carbocycles. The average Bonchev–Trinajstić information content (AvgIpc) is 2.87. The third kappa shape index (κ3) is 4.28. The Bertz CT molecular complexity index is 373. The topological polar surface area (TPSA) is 60.2 Å². The molecular weight excluding hydrogens is 254 g/mol. The number of hydrogen-bond acceptors (Lipinski definition) is 5. The van der Waals surface area contributed by atoms with Crippen molar-refractivity contribution in [3.05, 3.63) is 11.7 Å². The molecule has 0 radical (unpaired) electrons. The molecule has 0 aliphatic heterocycles. The Balaban J connectivity index is 2.92. The molecule has 0 saturated carbocycles. The number of ether oxygens (including phenoxy) is 1. The molecule has 0 fully saturated rings. The molecule has 5 heteroatoms. The Hall–Kier alpha value is -0.940. The lowest BCUT2D eigenvalue weighted by atomic mass is 9.89. The first-order valence-electron chi connectivity index (χ1n) is 7.67. The fraction of sp³-hybridized carbons (Fsp3) is 0.867. The summed E-state index contributed by atoms with van der Waals surface area (Å²) in [5.74, 6) is 2.03. The third-order valence-corrected chi connectivity index (χ3v) is 3.66. The summed E-state index contributed by atoms with van der Waals surface area (Å²) in [6.07, 6.45) is 1.90. The summed E-state index contributed by atoms with van der Waals surface area (Å²) in [6, 6.07) is 0.292. The van der Waals surface area contributed by atoms with E-state index in [4.69, 9.17) is 9.26 Å². The number of nitrogens with one attached hydrogen (secondary N) is 1. The molecule has 0 aromatic carbocycles. The van der Waals surface area contributed by atoms with Crippen LogP contribution in [0.1, 0.15) is 71.2 Å².